The summed E-state index contributed by atoms with van der Waals surface area (Å²) in [7, 11) is 0. The lowest BCUT2D eigenvalue weighted by Gasteiger charge is -2.07. The molecule has 0 bridgehead atoms. The van der Waals surface area contributed by atoms with Crippen LogP contribution in [0.1, 0.15) is 6.92 Å². The van der Waals surface area contributed by atoms with Crippen molar-refractivity contribution in [2.24, 2.45) is 5.92 Å². The molecular weight excluding hydrogens is 307 g/mol. The molecule has 110 valence electrons. The Hall–Kier alpha value is -2.34. The summed E-state index contributed by atoms with van der Waals surface area (Å²) >= 11 is 0.994. The van der Waals surface area contributed by atoms with Gasteiger partial charge in [0.1, 0.15) is 11.7 Å². The van der Waals surface area contributed by atoms with Crippen LogP contribution in [0.5, 0.6) is 5.75 Å². The number of nitriles is 1. The molecule has 2 rings (SSSR count). The van der Waals surface area contributed by atoms with Gasteiger partial charge in [-0.2, -0.15) is 5.26 Å². The molecule has 0 fully saturated rings. The fraction of sp³-hybridized carbons (Fsp3) is 0.250. The first-order valence-corrected chi connectivity index (χ1v) is 6.47. The molecule has 1 aromatic carbocycles. The largest absolute Gasteiger partial charge is 0.573 e. The molecule has 0 spiro atoms. The van der Waals surface area contributed by atoms with Gasteiger partial charge < -0.3 is 10.1 Å². The maximum atomic E-state index is 12.1. The molecule has 1 atom stereocenters. The van der Waals surface area contributed by atoms with Gasteiger partial charge in [0.2, 0.25) is 5.91 Å². The standard InChI is InChI=1S/C12H8F3N3O2S/c1-6(5-16)10(19)18-11-17-8-3-2-7(4-9(8)21-11)20-12(13,14)15/h2-4,6H,1H3,(H,17,18,19)/t6-/m0/s1. The molecule has 21 heavy (non-hydrogen) atoms. The minimum atomic E-state index is -4.77. The van der Waals surface area contributed by atoms with Gasteiger partial charge in [-0.15, -0.1) is 13.2 Å². The molecule has 0 saturated carbocycles. The second-order valence-electron chi connectivity index (χ2n) is 4.04. The summed E-state index contributed by atoms with van der Waals surface area (Å²) in [6.45, 7) is 1.43. The van der Waals surface area contributed by atoms with Crippen molar-refractivity contribution in [3.8, 4) is 11.8 Å². The van der Waals surface area contributed by atoms with Crippen molar-refractivity contribution in [2.45, 2.75) is 13.3 Å². The number of carbonyl (C=O) groups is 1. The van der Waals surface area contributed by atoms with Gasteiger partial charge >= 0.3 is 6.36 Å². The third kappa shape index (κ3) is 3.82. The van der Waals surface area contributed by atoms with E-state index in [0.717, 1.165) is 17.4 Å². The van der Waals surface area contributed by atoms with Crippen molar-refractivity contribution in [2.75, 3.05) is 5.32 Å². The average Bonchev–Trinajstić information content (AvgIpc) is 2.77. The normalized spacial score (nSPS) is 12.7. The highest BCUT2D eigenvalue weighted by atomic mass is 32.1. The Labute approximate surface area is 121 Å². The minimum Gasteiger partial charge on any atom is -0.406 e. The van der Waals surface area contributed by atoms with Gasteiger partial charge in [0.25, 0.3) is 0 Å². The van der Waals surface area contributed by atoms with Gasteiger partial charge in [0.05, 0.1) is 16.3 Å². The number of carbonyl (C=O) groups excluding carboxylic acids is 1. The number of rotatable bonds is 3. The number of aromatic nitrogens is 1. The van der Waals surface area contributed by atoms with Crippen LogP contribution in [0.15, 0.2) is 18.2 Å². The Morgan fingerprint density at radius 3 is 2.86 bits per heavy atom. The zero-order chi connectivity index (χ0) is 15.6. The zero-order valence-corrected chi connectivity index (χ0v) is 11.4. The van der Waals surface area contributed by atoms with Crippen LogP contribution in [-0.2, 0) is 4.79 Å². The Balaban J connectivity index is 2.22. The number of nitrogens with one attached hydrogen (secondary N) is 1. The van der Waals surface area contributed by atoms with Gasteiger partial charge in [-0.05, 0) is 19.1 Å². The lowest BCUT2D eigenvalue weighted by atomic mass is 10.2. The van der Waals surface area contributed by atoms with Crippen molar-refractivity contribution < 1.29 is 22.7 Å². The van der Waals surface area contributed by atoms with Crippen LogP contribution in [0, 0.1) is 17.2 Å². The Kier molecular flexibility index (Phi) is 3.99. The SMILES string of the molecule is C[C@@H](C#N)C(=O)Nc1nc2ccc(OC(F)(F)F)cc2s1. The summed E-state index contributed by atoms with van der Waals surface area (Å²) in [5.74, 6) is -1.73. The fourth-order valence-corrected chi connectivity index (χ4v) is 2.33. The Morgan fingerprint density at radius 1 is 1.52 bits per heavy atom. The predicted octanol–water partition coefficient (Wildman–Crippen LogP) is 3.29. The maximum Gasteiger partial charge on any atom is 0.573 e. The van der Waals surface area contributed by atoms with Gasteiger partial charge in [-0.25, -0.2) is 4.98 Å². The van der Waals surface area contributed by atoms with Crippen LogP contribution in [0.25, 0.3) is 10.2 Å². The van der Waals surface area contributed by atoms with E-state index in [1.807, 2.05) is 0 Å². The van der Waals surface area contributed by atoms with Crippen LogP contribution < -0.4 is 10.1 Å². The molecule has 1 N–H and O–H groups in total. The van der Waals surface area contributed by atoms with E-state index in [2.05, 4.69) is 15.0 Å². The number of alkyl halides is 3. The Morgan fingerprint density at radius 2 is 2.24 bits per heavy atom. The van der Waals surface area contributed by atoms with Crippen LogP contribution in [0.3, 0.4) is 0 Å². The number of anilines is 1. The number of hydrogen-bond acceptors (Lipinski definition) is 5. The molecule has 5 nitrogen and oxygen atoms in total. The van der Waals surface area contributed by atoms with Gasteiger partial charge in [-0.3, -0.25) is 4.79 Å². The molecule has 1 aromatic heterocycles. The highest BCUT2D eigenvalue weighted by molar-refractivity contribution is 7.22. The number of amides is 1. The molecule has 2 aromatic rings. The monoisotopic (exact) mass is 315 g/mol. The van der Waals surface area contributed by atoms with E-state index < -0.39 is 18.2 Å². The number of benzene rings is 1. The van der Waals surface area contributed by atoms with Crippen LogP contribution in [-0.4, -0.2) is 17.3 Å². The molecule has 0 aliphatic carbocycles. The number of ether oxygens (including phenoxy) is 1. The molecule has 9 heteroatoms. The first kappa shape index (κ1) is 15.1. The summed E-state index contributed by atoms with van der Waals surface area (Å²) in [6.07, 6.45) is -4.77. The minimum absolute atomic E-state index is 0.209. The number of thiazole rings is 1. The molecule has 0 radical (unpaired) electrons. The topological polar surface area (TPSA) is 75.0 Å². The predicted molar refractivity (Wildman–Crippen MR) is 69.7 cm³/mol. The first-order chi connectivity index (χ1) is 9.78. The quantitative estimate of drug-likeness (QED) is 0.943. The Bertz CT molecular complexity index is 721. The van der Waals surface area contributed by atoms with E-state index in [0.29, 0.717) is 10.2 Å². The third-order valence-corrected chi connectivity index (χ3v) is 3.34. The van der Waals surface area contributed by atoms with Crippen LogP contribution in [0.4, 0.5) is 18.3 Å². The van der Waals surface area contributed by atoms with E-state index in [-0.39, 0.29) is 10.9 Å². The van der Waals surface area contributed by atoms with E-state index >= 15 is 0 Å². The number of halogens is 3. The molecule has 0 aliphatic heterocycles. The lowest BCUT2D eigenvalue weighted by Crippen LogP contribution is -2.18. The summed E-state index contributed by atoms with van der Waals surface area (Å²) in [5.41, 5.74) is 0.425. The highest BCUT2D eigenvalue weighted by Gasteiger charge is 2.31. The fourth-order valence-electron chi connectivity index (χ4n) is 1.43. The molecule has 1 heterocycles. The highest BCUT2D eigenvalue weighted by Crippen LogP contribution is 2.31. The van der Waals surface area contributed by atoms with Crippen molar-refractivity contribution >= 4 is 32.6 Å². The van der Waals surface area contributed by atoms with Crippen molar-refractivity contribution in [3.05, 3.63) is 18.2 Å². The smallest absolute Gasteiger partial charge is 0.406 e. The number of nitrogens with zero attached hydrogens (tertiary/aromatic N) is 2. The number of hydrogen-bond donors (Lipinski definition) is 1. The van der Waals surface area contributed by atoms with Gasteiger partial charge in [-0.1, -0.05) is 11.3 Å². The maximum absolute atomic E-state index is 12.1. The molecule has 0 aliphatic rings. The van der Waals surface area contributed by atoms with E-state index in [1.54, 1.807) is 6.07 Å². The van der Waals surface area contributed by atoms with Crippen molar-refractivity contribution in [1.29, 1.82) is 5.26 Å². The van der Waals surface area contributed by atoms with Gasteiger partial charge in [0, 0.05) is 6.07 Å². The van der Waals surface area contributed by atoms with Crippen LogP contribution >= 0.6 is 11.3 Å². The second-order valence-corrected chi connectivity index (χ2v) is 5.07. The summed E-state index contributed by atoms with van der Waals surface area (Å²) in [6, 6.07) is 5.45. The zero-order valence-electron chi connectivity index (χ0n) is 10.6. The summed E-state index contributed by atoms with van der Waals surface area (Å²) < 4.78 is 40.6. The third-order valence-electron chi connectivity index (χ3n) is 2.41. The van der Waals surface area contributed by atoms with E-state index in [4.69, 9.17) is 5.26 Å². The average molecular weight is 315 g/mol. The summed E-state index contributed by atoms with van der Waals surface area (Å²) in [5, 5.41) is 11.3. The van der Waals surface area contributed by atoms with E-state index in [9.17, 15) is 18.0 Å². The van der Waals surface area contributed by atoms with E-state index in [1.165, 1.54) is 19.1 Å². The summed E-state index contributed by atoms with van der Waals surface area (Å²) in [4.78, 5) is 15.6. The number of fused-ring (bicyclic) bond motifs is 1. The second kappa shape index (κ2) is 5.57. The van der Waals surface area contributed by atoms with Crippen LogP contribution in [0.2, 0.25) is 0 Å². The van der Waals surface area contributed by atoms with Crippen molar-refractivity contribution in [1.82, 2.24) is 4.98 Å². The van der Waals surface area contributed by atoms with Gasteiger partial charge in [0.15, 0.2) is 5.13 Å². The molecule has 0 saturated heterocycles. The molecule has 0 unspecified atom stereocenters. The molecule has 1 amide bonds. The lowest BCUT2D eigenvalue weighted by molar-refractivity contribution is -0.274. The first-order valence-electron chi connectivity index (χ1n) is 5.65. The van der Waals surface area contributed by atoms with Crippen molar-refractivity contribution in [3.63, 3.8) is 0 Å². The molecular formula is C12H8F3N3O2S.